The van der Waals surface area contributed by atoms with Gasteiger partial charge in [-0.1, -0.05) is 24.3 Å². The van der Waals surface area contributed by atoms with E-state index in [0.717, 1.165) is 5.56 Å². The van der Waals surface area contributed by atoms with Crippen LogP contribution in [0.2, 0.25) is 0 Å². The lowest BCUT2D eigenvalue weighted by atomic mass is 9.86. The van der Waals surface area contributed by atoms with Crippen molar-refractivity contribution < 1.29 is 9.18 Å². The van der Waals surface area contributed by atoms with Gasteiger partial charge in [-0.25, -0.2) is 19.2 Å². The Morgan fingerprint density at radius 1 is 1.10 bits per heavy atom. The highest BCUT2D eigenvalue weighted by Crippen LogP contribution is 2.33. The fourth-order valence-corrected chi connectivity index (χ4v) is 4.32. The molecule has 152 valence electrons. The quantitative estimate of drug-likeness (QED) is 0.478. The molecule has 6 rings (SSSR count). The minimum Gasteiger partial charge on any atom is -0.303 e. The number of hydrogen-bond acceptors (Lipinski definition) is 5. The van der Waals surface area contributed by atoms with Gasteiger partial charge in [-0.05, 0) is 24.1 Å². The van der Waals surface area contributed by atoms with E-state index >= 15 is 0 Å². The van der Waals surface area contributed by atoms with Crippen LogP contribution in [0.3, 0.4) is 0 Å². The Morgan fingerprint density at radius 2 is 1.97 bits per heavy atom. The van der Waals surface area contributed by atoms with Crippen molar-refractivity contribution in [1.82, 2.24) is 29.1 Å². The van der Waals surface area contributed by atoms with Crippen molar-refractivity contribution >= 4 is 28.0 Å². The predicted octanol–water partition coefficient (Wildman–Crippen LogP) is 3.16. The molecule has 0 spiro atoms. The minimum absolute atomic E-state index is 0.0713. The lowest BCUT2D eigenvalue weighted by Gasteiger charge is -2.25. The second-order valence-electron chi connectivity index (χ2n) is 7.52. The van der Waals surface area contributed by atoms with Crippen LogP contribution in [0.25, 0.3) is 28.1 Å². The molecule has 1 atom stereocenters. The first-order chi connectivity index (χ1) is 15.1. The number of halogens is 1. The standard InChI is InChI=1S/C22H15FN6O2/c23-12-5-6-15-18(9-12)28(11-25-15)21-24-10-16-20(27-21)29(22(31)26-16)17-7-8-19(30)14-4-2-1-3-13(14)17/h1-6,9-11,17H,7-8H2,(H,26,31). The Hall–Kier alpha value is -4.14. The molecule has 8 nitrogen and oxygen atoms in total. The fraction of sp³-hybridized carbons (Fsp3) is 0.136. The molecule has 0 aliphatic heterocycles. The molecule has 31 heavy (non-hydrogen) atoms. The van der Waals surface area contributed by atoms with E-state index in [2.05, 4.69) is 19.9 Å². The molecular weight excluding hydrogens is 399 g/mol. The monoisotopic (exact) mass is 414 g/mol. The van der Waals surface area contributed by atoms with Crippen LogP contribution in [0.15, 0.2) is 59.8 Å². The van der Waals surface area contributed by atoms with Crippen molar-refractivity contribution in [3.8, 4) is 5.95 Å². The average molecular weight is 414 g/mol. The molecule has 1 N–H and O–H groups in total. The van der Waals surface area contributed by atoms with Crippen LogP contribution in [-0.2, 0) is 0 Å². The van der Waals surface area contributed by atoms with Gasteiger partial charge >= 0.3 is 5.69 Å². The first-order valence-electron chi connectivity index (χ1n) is 9.82. The Balaban J connectivity index is 1.56. The van der Waals surface area contributed by atoms with E-state index in [-0.39, 0.29) is 23.5 Å². The zero-order valence-corrected chi connectivity index (χ0v) is 16.1. The molecule has 0 saturated heterocycles. The number of benzene rings is 2. The molecule has 0 fully saturated rings. The van der Waals surface area contributed by atoms with Crippen LogP contribution in [0.1, 0.15) is 34.8 Å². The summed E-state index contributed by atoms with van der Waals surface area (Å²) in [6.45, 7) is 0. The maximum Gasteiger partial charge on any atom is 0.328 e. The van der Waals surface area contributed by atoms with Gasteiger partial charge in [-0.2, -0.15) is 4.98 Å². The van der Waals surface area contributed by atoms with Crippen molar-refractivity contribution in [1.29, 1.82) is 0 Å². The second-order valence-corrected chi connectivity index (χ2v) is 7.52. The highest BCUT2D eigenvalue weighted by molar-refractivity contribution is 5.98. The van der Waals surface area contributed by atoms with Gasteiger partial charge in [0, 0.05) is 18.1 Å². The summed E-state index contributed by atoms with van der Waals surface area (Å²) < 4.78 is 16.9. The molecule has 3 aromatic heterocycles. The molecule has 1 aliphatic rings. The molecule has 1 unspecified atom stereocenters. The van der Waals surface area contributed by atoms with Crippen molar-refractivity contribution in [2.24, 2.45) is 0 Å². The first-order valence-corrected chi connectivity index (χ1v) is 9.82. The number of nitrogens with one attached hydrogen (secondary N) is 1. The number of rotatable bonds is 2. The number of aromatic amines is 1. The van der Waals surface area contributed by atoms with Gasteiger partial charge in [0.05, 0.1) is 23.3 Å². The Morgan fingerprint density at radius 3 is 2.87 bits per heavy atom. The third kappa shape index (κ3) is 2.63. The molecule has 0 bridgehead atoms. The lowest BCUT2D eigenvalue weighted by Crippen LogP contribution is -2.28. The van der Waals surface area contributed by atoms with Crippen molar-refractivity contribution in [2.75, 3.05) is 0 Å². The largest absolute Gasteiger partial charge is 0.328 e. The summed E-state index contributed by atoms with van der Waals surface area (Å²) in [5, 5.41) is 0. The first kappa shape index (κ1) is 17.7. The number of carbonyl (C=O) groups is 1. The van der Waals surface area contributed by atoms with Crippen LogP contribution in [0.4, 0.5) is 4.39 Å². The number of nitrogens with zero attached hydrogens (tertiary/aromatic N) is 5. The third-order valence-electron chi connectivity index (χ3n) is 5.75. The number of Topliss-reactive ketones (excluding diaryl/α,β-unsaturated/α-hetero) is 1. The highest BCUT2D eigenvalue weighted by atomic mass is 19.1. The van der Waals surface area contributed by atoms with Crippen molar-refractivity contribution in [3.63, 3.8) is 0 Å². The van der Waals surface area contributed by atoms with E-state index in [1.807, 2.05) is 18.2 Å². The molecule has 9 heteroatoms. The van der Waals surface area contributed by atoms with Crippen LogP contribution in [0, 0.1) is 5.82 Å². The summed E-state index contributed by atoms with van der Waals surface area (Å²) >= 11 is 0. The summed E-state index contributed by atoms with van der Waals surface area (Å²) in [6, 6.07) is 11.3. The summed E-state index contributed by atoms with van der Waals surface area (Å²) in [5.41, 5.74) is 3.15. The van der Waals surface area contributed by atoms with Crippen LogP contribution >= 0.6 is 0 Å². The van der Waals surface area contributed by atoms with Crippen molar-refractivity contribution in [2.45, 2.75) is 18.9 Å². The number of aromatic nitrogens is 6. The number of imidazole rings is 2. The number of fused-ring (bicyclic) bond motifs is 3. The number of ketones is 1. The van der Waals surface area contributed by atoms with Gasteiger partial charge in [0.25, 0.3) is 0 Å². The molecule has 0 amide bonds. The number of H-pyrrole nitrogens is 1. The predicted molar refractivity (Wildman–Crippen MR) is 111 cm³/mol. The van der Waals surface area contributed by atoms with E-state index in [1.54, 1.807) is 21.3 Å². The highest BCUT2D eigenvalue weighted by Gasteiger charge is 2.29. The van der Waals surface area contributed by atoms with Crippen LogP contribution in [0.5, 0.6) is 0 Å². The van der Waals surface area contributed by atoms with Gasteiger partial charge in [0.2, 0.25) is 5.95 Å². The summed E-state index contributed by atoms with van der Waals surface area (Å²) in [5.74, 6) is -0.0483. The average Bonchev–Trinajstić information content (AvgIpc) is 3.34. The Kier molecular flexibility index (Phi) is 3.67. The maximum absolute atomic E-state index is 13.8. The van der Waals surface area contributed by atoms with Gasteiger partial charge in [0.15, 0.2) is 11.4 Å². The fourth-order valence-electron chi connectivity index (χ4n) is 4.32. The van der Waals surface area contributed by atoms with Gasteiger partial charge in [0.1, 0.15) is 17.7 Å². The number of carbonyl (C=O) groups excluding carboxylic acids is 1. The minimum atomic E-state index is -0.391. The van der Waals surface area contributed by atoms with E-state index in [9.17, 15) is 14.0 Å². The van der Waals surface area contributed by atoms with E-state index < -0.39 is 5.82 Å². The van der Waals surface area contributed by atoms with Gasteiger partial charge in [-0.3, -0.25) is 13.9 Å². The smallest absolute Gasteiger partial charge is 0.303 e. The van der Waals surface area contributed by atoms with Gasteiger partial charge < -0.3 is 4.98 Å². The third-order valence-corrected chi connectivity index (χ3v) is 5.75. The van der Waals surface area contributed by atoms with Gasteiger partial charge in [-0.15, -0.1) is 0 Å². The SMILES string of the molecule is O=C1CCC(n2c(=O)[nH]c3cnc(-n4cnc5ccc(F)cc54)nc32)c2ccccc21. The van der Waals surface area contributed by atoms with E-state index in [0.29, 0.717) is 40.6 Å². The van der Waals surface area contributed by atoms with E-state index in [4.69, 9.17) is 0 Å². The molecule has 0 saturated carbocycles. The molecule has 3 heterocycles. The molecule has 2 aromatic carbocycles. The maximum atomic E-state index is 13.8. The van der Waals surface area contributed by atoms with Crippen molar-refractivity contribution in [3.05, 3.63) is 82.4 Å². The summed E-state index contributed by atoms with van der Waals surface area (Å²) in [7, 11) is 0. The summed E-state index contributed by atoms with van der Waals surface area (Å²) in [6.07, 6.45) is 3.90. The lowest BCUT2D eigenvalue weighted by molar-refractivity contribution is 0.0964. The topological polar surface area (TPSA) is 98.5 Å². The van der Waals surface area contributed by atoms with Crippen LogP contribution in [-0.4, -0.2) is 34.9 Å². The molecular formula is C22H15FN6O2. The Labute approximate surface area is 174 Å². The second kappa shape index (κ2) is 6.43. The molecule has 5 aromatic rings. The molecule has 1 aliphatic carbocycles. The molecule has 0 radical (unpaired) electrons. The number of hydrogen-bond donors (Lipinski definition) is 1. The summed E-state index contributed by atoms with van der Waals surface area (Å²) in [4.78, 5) is 41.2. The zero-order valence-electron chi connectivity index (χ0n) is 16.1. The normalized spacial score (nSPS) is 16.2. The zero-order chi connectivity index (χ0) is 21.1. The Bertz CT molecular complexity index is 1560. The van der Waals surface area contributed by atoms with Crippen LogP contribution < -0.4 is 5.69 Å². The van der Waals surface area contributed by atoms with E-state index in [1.165, 1.54) is 24.7 Å².